The van der Waals surface area contributed by atoms with Crippen molar-refractivity contribution in [2.75, 3.05) is 20.3 Å². The Morgan fingerprint density at radius 2 is 1.52 bits per heavy atom. The molecular formula is C35H39BrN2O12. The first-order valence-corrected chi connectivity index (χ1v) is 16.5. The van der Waals surface area contributed by atoms with Gasteiger partial charge in [-0.05, 0) is 48.6 Å². The maximum absolute atomic E-state index is 13.8. The maximum atomic E-state index is 13.8. The molecule has 0 saturated carbocycles. The van der Waals surface area contributed by atoms with Crippen molar-refractivity contribution < 1.29 is 52.4 Å². The molecule has 0 radical (unpaired) electrons. The Bertz CT molecular complexity index is 1820. The highest BCUT2D eigenvalue weighted by Crippen LogP contribution is 2.30. The van der Waals surface area contributed by atoms with E-state index in [9.17, 15) is 28.8 Å². The lowest BCUT2D eigenvalue weighted by molar-refractivity contribution is -0.301. The standard InChI is InChI=1S/C35H39BrN2O12/c1-18-13-19(2)28-24(14-18)15-25(33(43)37-28)17-38(27(42)16-23-9-7-8-10-26(23)36)11-12-46-35-32(49-22(5)41)30(48-21(4)40)29(47-20(3)39)31(50-35)34(44)45-6/h7-10,13-15,29-32,35H,11-12,16-17H2,1-6H3,(H,37,43)/t29-,30-,31-,32+,35+/m0/s1. The quantitative estimate of drug-likeness (QED) is 0.211. The fourth-order valence-corrected chi connectivity index (χ4v) is 6.18. The fraction of sp³-hybridized carbons (Fsp3) is 0.429. The van der Waals surface area contributed by atoms with Crippen LogP contribution in [0.4, 0.5) is 0 Å². The molecule has 2 aromatic carbocycles. The summed E-state index contributed by atoms with van der Waals surface area (Å²) in [6.45, 7) is 6.67. The summed E-state index contributed by atoms with van der Waals surface area (Å²) in [5, 5.41) is 0.805. The molecule has 15 heteroatoms. The molecule has 5 atom stereocenters. The Morgan fingerprint density at radius 1 is 0.880 bits per heavy atom. The topological polar surface area (TPSA) is 177 Å². The molecular weight excluding hydrogens is 720 g/mol. The van der Waals surface area contributed by atoms with E-state index in [1.165, 1.54) is 4.90 Å². The smallest absolute Gasteiger partial charge is 0.339 e. The lowest BCUT2D eigenvalue weighted by Crippen LogP contribution is -2.64. The Morgan fingerprint density at radius 3 is 2.16 bits per heavy atom. The van der Waals surface area contributed by atoms with Gasteiger partial charge >= 0.3 is 23.9 Å². The molecule has 4 rings (SSSR count). The maximum Gasteiger partial charge on any atom is 0.339 e. The summed E-state index contributed by atoms with van der Waals surface area (Å²) < 4.78 is 33.5. The number of aryl methyl sites for hydroxylation is 2. The zero-order valence-corrected chi connectivity index (χ0v) is 30.1. The summed E-state index contributed by atoms with van der Waals surface area (Å²) in [6.07, 6.45) is -7.78. The van der Waals surface area contributed by atoms with Crippen LogP contribution < -0.4 is 5.56 Å². The summed E-state index contributed by atoms with van der Waals surface area (Å²) >= 11 is 3.48. The summed E-state index contributed by atoms with van der Waals surface area (Å²) in [5.74, 6) is -3.79. The SMILES string of the molecule is COC(=O)[C@H]1O[C@@H](OCCN(Cc2cc3cc(C)cc(C)c3[nH]c2=O)C(=O)Cc2ccccc2Br)[C@H](OC(C)=O)[C@@H](OC(C)=O)[C@@H]1OC(C)=O. The van der Waals surface area contributed by atoms with E-state index in [1.54, 1.807) is 18.2 Å². The van der Waals surface area contributed by atoms with Crippen LogP contribution in [0.5, 0.6) is 0 Å². The third-order valence-corrected chi connectivity index (χ3v) is 8.64. The van der Waals surface area contributed by atoms with E-state index in [0.717, 1.165) is 48.9 Å². The second-order valence-corrected chi connectivity index (χ2v) is 12.6. The molecule has 2 heterocycles. The third kappa shape index (κ3) is 9.55. The van der Waals surface area contributed by atoms with Gasteiger partial charge < -0.3 is 38.3 Å². The molecule has 0 spiro atoms. The number of fused-ring (bicyclic) bond motifs is 1. The number of H-pyrrole nitrogens is 1. The van der Waals surface area contributed by atoms with Gasteiger partial charge in [-0.2, -0.15) is 0 Å². The monoisotopic (exact) mass is 758 g/mol. The number of esters is 4. The molecule has 1 N–H and O–H groups in total. The van der Waals surface area contributed by atoms with Gasteiger partial charge in [0.2, 0.25) is 5.91 Å². The molecule has 1 aromatic heterocycles. The number of amides is 1. The minimum atomic E-state index is -1.64. The van der Waals surface area contributed by atoms with Crippen molar-refractivity contribution >= 4 is 56.6 Å². The molecule has 1 aliphatic rings. The molecule has 1 fully saturated rings. The van der Waals surface area contributed by atoms with Crippen LogP contribution >= 0.6 is 15.9 Å². The Balaban J connectivity index is 1.65. The highest BCUT2D eigenvalue weighted by molar-refractivity contribution is 9.10. The van der Waals surface area contributed by atoms with Gasteiger partial charge in [0.1, 0.15) is 0 Å². The third-order valence-electron chi connectivity index (χ3n) is 7.86. The van der Waals surface area contributed by atoms with Gasteiger partial charge in [0.25, 0.3) is 5.56 Å². The number of methoxy groups -OCH3 is 1. The van der Waals surface area contributed by atoms with Gasteiger partial charge in [0, 0.05) is 37.4 Å². The van der Waals surface area contributed by atoms with E-state index in [1.807, 2.05) is 38.1 Å². The van der Waals surface area contributed by atoms with Gasteiger partial charge in [0.05, 0.1) is 32.2 Å². The molecule has 1 saturated heterocycles. The lowest BCUT2D eigenvalue weighted by Gasteiger charge is -2.43. The normalized spacial score (nSPS) is 20.1. The number of nitrogens with one attached hydrogen (secondary N) is 1. The zero-order valence-electron chi connectivity index (χ0n) is 28.5. The molecule has 0 bridgehead atoms. The summed E-state index contributed by atoms with van der Waals surface area (Å²) in [4.78, 5) is 80.5. The zero-order chi connectivity index (χ0) is 36.7. The van der Waals surface area contributed by atoms with E-state index in [-0.39, 0.29) is 37.6 Å². The molecule has 1 amide bonds. The number of halogens is 1. The van der Waals surface area contributed by atoms with E-state index >= 15 is 0 Å². The molecule has 0 aliphatic carbocycles. The number of hydrogen-bond donors (Lipinski definition) is 1. The van der Waals surface area contributed by atoms with Crippen molar-refractivity contribution in [3.8, 4) is 0 Å². The van der Waals surface area contributed by atoms with Crippen molar-refractivity contribution in [3.05, 3.63) is 79.5 Å². The van der Waals surface area contributed by atoms with E-state index in [0.29, 0.717) is 16.6 Å². The van der Waals surface area contributed by atoms with Crippen molar-refractivity contribution in [2.45, 2.75) is 78.3 Å². The van der Waals surface area contributed by atoms with Gasteiger partial charge in [-0.15, -0.1) is 0 Å². The summed E-state index contributed by atoms with van der Waals surface area (Å²) in [7, 11) is 1.08. The van der Waals surface area contributed by atoms with Crippen LogP contribution in [0.2, 0.25) is 0 Å². The van der Waals surface area contributed by atoms with Crippen molar-refractivity contribution in [2.24, 2.45) is 0 Å². The lowest BCUT2D eigenvalue weighted by atomic mass is 9.97. The highest BCUT2D eigenvalue weighted by Gasteiger charge is 2.55. The van der Waals surface area contributed by atoms with Gasteiger partial charge in [-0.3, -0.25) is 24.0 Å². The van der Waals surface area contributed by atoms with E-state index in [4.69, 9.17) is 28.4 Å². The van der Waals surface area contributed by atoms with Gasteiger partial charge in [-0.25, -0.2) is 4.79 Å². The van der Waals surface area contributed by atoms with Crippen molar-refractivity contribution in [1.29, 1.82) is 0 Å². The molecule has 268 valence electrons. The largest absolute Gasteiger partial charge is 0.467 e. The highest BCUT2D eigenvalue weighted by atomic mass is 79.9. The van der Waals surface area contributed by atoms with E-state index in [2.05, 4.69) is 20.9 Å². The van der Waals surface area contributed by atoms with Crippen LogP contribution in [0, 0.1) is 13.8 Å². The number of carbonyl (C=O) groups is 5. The number of nitrogens with zero attached hydrogens (tertiary/aromatic N) is 1. The van der Waals surface area contributed by atoms with E-state index < -0.39 is 54.6 Å². The number of rotatable bonds is 12. The average molecular weight is 760 g/mol. The molecule has 14 nitrogen and oxygen atoms in total. The predicted molar refractivity (Wildman–Crippen MR) is 181 cm³/mol. The number of carbonyl (C=O) groups excluding carboxylic acids is 5. The second-order valence-electron chi connectivity index (χ2n) is 11.8. The first-order valence-electron chi connectivity index (χ1n) is 15.7. The number of pyridine rings is 1. The number of ether oxygens (including phenoxy) is 6. The number of aromatic amines is 1. The van der Waals surface area contributed by atoms with Crippen LogP contribution in [0.25, 0.3) is 10.9 Å². The minimum Gasteiger partial charge on any atom is -0.467 e. The number of hydrogen-bond acceptors (Lipinski definition) is 12. The molecule has 50 heavy (non-hydrogen) atoms. The average Bonchev–Trinajstić information content (AvgIpc) is 3.03. The Hall–Kier alpha value is -4.60. The van der Waals surface area contributed by atoms with Gasteiger partial charge in [-0.1, -0.05) is 45.8 Å². The Labute approximate surface area is 296 Å². The first kappa shape index (κ1) is 38.2. The van der Waals surface area contributed by atoms with Crippen LogP contribution in [0.1, 0.15) is 43.0 Å². The van der Waals surface area contributed by atoms with Crippen LogP contribution in [-0.4, -0.2) is 90.6 Å². The van der Waals surface area contributed by atoms with Crippen LogP contribution in [0.3, 0.4) is 0 Å². The predicted octanol–water partition coefficient (Wildman–Crippen LogP) is 3.19. The summed E-state index contributed by atoms with van der Waals surface area (Å²) in [6, 6.07) is 12.9. The number of aromatic nitrogens is 1. The Kier molecular flexibility index (Phi) is 12.9. The van der Waals surface area contributed by atoms with Gasteiger partial charge in [0.15, 0.2) is 30.7 Å². The molecule has 1 aliphatic heterocycles. The van der Waals surface area contributed by atoms with Crippen molar-refractivity contribution in [3.63, 3.8) is 0 Å². The first-order chi connectivity index (χ1) is 23.7. The summed E-state index contributed by atoms with van der Waals surface area (Å²) in [5.41, 5.74) is 3.29. The minimum absolute atomic E-state index is 0.00979. The van der Waals surface area contributed by atoms with Crippen LogP contribution in [0.15, 0.2) is 51.7 Å². The second kappa shape index (κ2) is 16.9. The van der Waals surface area contributed by atoms with Crippen molar-refractivity contribution in [1.82, 2.24) is 9.88 Å². The molecule has 0 unspecified atom stereocenters. The molecule has 3 aromatic rings. The fourth-order valence-electron chi connectivity index (χ4n) is 5.76. The van der Waals surface area contributed by atoms with Crippen LogP contribution in [-0.2, 0) is 65.4 Å². The number of benzene rings is 2.